The van der Waals surface area contributed by atoms with Crippen LogP contribution in [0.4, 0.5) is 8.78 Å². The molecule has 1 aliphatic carbocycles. The number of benzene rings is 1. The summed E-state index contributed by atoms with van der Waals surface area (Å²) in [6.45, 7) is 0.315. The summed E-state index contributed by atoms with van der Waals surface area (Å²) in [5, 5.41) is 0.520. The van der Waals surface area contributed by atoms with E-state index < -0.39 is 5.92 Å². The van der Waals surface area contributed by atoms with E-state index in [9.17, 15) is 8.78 Å². The third-order valence-corrected chi connectivity index (χ3v) is 3.53. The van der Waals surface area contributed by atoms with Crippen LogP contribution in [-0.4, -0.2) is 12.5 Å². The molecular formula is C11H10ClF2IO. The molecule has 1 fully saturated rings. The largest absolute Gasteiger partial charge is 0.492 e. The van der Waals surface area contributed by atoms with Gasteiger partial charge in [0.05, 0.1) is 11.6 Å². The second-order valence-electron chi connectivity index (χ2n) is 4.02. The van der Waals surface area contributed by atoms with Gasteiger partial charge in [-0.15, -0.1) is 0 Å². The number of hydrogen-bond donors (Lipinski definition) is 0. The zero-order chi connectivity index (χ0) is 11.8. The molecule has 0 spiro atoms. The molecule has 0 unspecified atom stereocenters. The SMILES string of the molecule is FC1(F)CC(COc2cc(I)ccc2Cl)C1. The fourth-order valence-corrected chi connectivity index (χ4v) is 2.33. The molecule has 2 rings (SSSR count). The monoisotopic (exact) mass is 358 g/mol. The quantitative estimate of drug-likeness (QED) is 0.729. The maximum atomic E-state index is 12.6. The third-order valence-electron chi connectivity index (χ3n) is 2.54. The van der Waals surface area contributed by atoms with E-state index in [4.69, 9.17) is 16.3 Å². The van der Waals surface area contributed by atoms with Gasteiger partial charge in [-0.05, 0) is 40.8 Å². The predicted octanol–water partition coefficient (Wildman–Crippen LogP) is 4.37. The summed E-state index contributed by atoms with van der Waals surface area (Å²) in [4.78, 5) is 0. The summed E-state index contributed by atoms with van der Waals surface area (Å²) in [7, 11) is 0. The summed E-state index contributed by atoms with van der Waals surface area (Å²) in [6, 6.07) is 5.42. The first kappa shape index (κ1) is 12.4. The van der Waals surface area contributed by atoms with E-state index in [2.05, 4.69) is 22.6 Å². The molecule has 0 heterocycles. The Morgan fingerprint density at radius 1 is 1.44 bits per heavy atom. The maximum absolute atomic E-state index is 12.6. The summed E-state index contributed by atoms with van der Waals surface area (Å²) in [6.07, 6.45) is -0.150. The van der Waals surface area contributed by atoms with Crippen molar-refractivity contribution in [2.24, 2.45) is 5.92 Å². The van der Waals surface area contributed by atoms with E-state index in [0.717, 1.165) is 3.57 Å². The van der Waals surface area contributed by atoms with Gasteiger partial charge in [0.25, 0.3) is 0 Å². The normalized spacial score (nSPS) is 19.2. The van der Waals surface area contributed by atoms with Gasteiger partial charge in [-0.2, -0.15) is 0 Å². The van der Waals surface area contributed by atoms with Crippen molar-refractivity contribution >= 4 is 34.2 Å². The van der Waals surface area contributed by atoms with Crippen molar-refractivity contribution in [3.05, 3.63) is 26.8 Å². The highest BCUT2D eigenvalue weighted by atomic mass is 127. The Kier molecular flexibility index (Phi) is 3.59. The highest BCUT2D eigenvalue weighted by Gasteiger charge is 2.45. The highest BCUT2D eigenvalue weighted by molar-refractivity contribution is 14.1. The Bertz CT molecular complexity index is 390. The minimum Gasteiger partial charge on any atom is -0.492 e. The van der Waals surface area contributed by atoms with Crippen molar-refractivity contribution in [1.82, 2.24) is 0 Å². The van der Waals surface area contributed by atoms with Crippen molar-refractivity contribution < 1.29 is 13.5 Å². The minimum absolute atomic E-state index is 0.0519. The smallest absolute Gasteiger partial charge is 0.248 e. The van der Waals surface area contributed by atoms with Gasteiger partial charge >= 0.3 is 0 Å². The summed E-state index contributed by atoms with van der Waals surface area (Å²) >= 11 is 8.07. The van der Waals surface area contributed by atoms with Crippen molar-refractivity contribution in [2.45, 2.75) is 18.8 Å². The fourth-order valence-electron chi connectivity index (χ4n) is 1.70. The number of halogens is 4. The van der Waals surface area contributed by atoms with E-state index >= 15 is 0 Å². The number of hydrogen-bond acceptors (Lipinski definition) is 1. The van der Waals surface area contributed by atoms with Crippen LogP contribution >= 0.6 is 34.2 Å². The van der Waals surface area contributed by atoms with Gasteiger partial charge in [-0.3, -0.25) is 0 Å². The molecule has 0 atom stereocenters. The van der Waals surface area contributed by atoms with Gasteiger partial charge in [0, 0.05) is 22.3 Å². The molecule has 0 aliphatic heterocycles. The van der Waals surface area contributed by atoms with E-state index in [-0.39, 0.29) is 18.8 Å². The Morgan fingerprint density at radius 3 is 2.75 bits per heavy atom. The first-order valence-corrected chi connectivity index (χ1v) is 6.38. The lowest BCUT2D eigenvalue weighted by molar-refractivity contribution is -0.119. The second kappa shape index (κ2) is 4.64. The molecule has 88 valence electrons. The van der Waals surface area contributed by atoms with Crippen LogP contribution in [0.2, 0.25) is 5.02 Å². The first-order valence-electron chi connectivity index (χ1n) is 4.92. The van der Waals surface area contributed by atoms with E-state index in [0.29, 0.717) is 17.4 Å². The molecule has 0 N–H and O–H groups in total. The van der Waals surface area contributed by atoms with Crippen molar-refractivity contribution in [3.8, 4) is 5.75 Å². The second-order valence-corrected chi connectivity index (χ2v) is 5.67. The molecule has 0 bridgehead atoms. The summed E-state index contributed by atoms with van der Waals surface area (Å²) in [5.41, 5.74) is 0. The van der Waals surface area contributed by atoms with Crippen LogP contribution in [0.3, 0.4) is 0 Å². The van der Waals surface area contributed by atoms with Crippen LogP contribution in [0.25, 0.3) is 0 Å². The topological polar surface area (TPSA) is 9.23 Å². The zero-order valence-electron chi connectivity index (χ0n) is 8.35. The molecular weight excluding hydrogens is 348 g/mol. The fraction of sp³-hybridized carbons (Fsp3) is 0.455. The molecule has 0 aromatic heterocycles. The molecule has 0 amide bonds. The molecule has 1 aliphatic rings. The molecule has 0 radical (unpaired) electrons. The lowest BCUT2D eigenvalue weighted by Crippen LogP contribution is -2.38. The van der Waals surface area contributed by atoms with Gasteiger partial charge in [0.15, 0.2) is 0 Å². The number of ether oxygens (including phenoxy) is 1. The Balaban J connectivity index is 1.88. The first-order chi connectivity index (χ1) is 7.46. The van der Waals surface area contributed by atoms with E-state index in [1.54, 1.807) is 12.1 Å². The van der Waals surface area contributed by atoms with Gasteiger partial charge in [0.1, 0.15) is 5.75 Å². The minimum atomic E-state index is -2.48. The standard InChI is InChI=1S/C11H10ClF2IO/c12-9-2-1-8(15)3-10(9)16-6-7-4-11(13,14)5-7/h1-3,7H,4-6H2. The molecule has 0 saturated heterocycles. The zero-order valence-corrected chi connectivity index (χ0v) is 11.3. The Labute approximate surface area is 111 Å². The van der Waals surface area contributed by atoms with Crippen LogP contribution in [0.1, 0.15) is 12.8 Å². The Hall–Kier alpha value is -0.100. The van der Waals surface area contributed by atoms with Crippen LogP contribution in [0, 0.1) is 9.49 Å². The average molecular weight is 359 g/mol. The molecule has 16 heavy (non-hydrogen) atoms. The van der Waals surface area contributed by atoms with Gasteiger partial charge in [-0.1, -0.05) is 11.6 Å². The van der Waals surface area contributed by atoms with Crippen molar-refractivity contribution in [2.75, 3.05) is 6.61 Å². The number of alkyl halides is 2. The van der Waals surface area contributed by atoms with E-state index in [1.165, 1.54) is 0 Å². The lowest BCUT2D eigenvalue weighted by atomic mass is 9.82. The molecule has 1 aromatic carbocycles. The third kappa shape index (κ3) is 2.97. The molecule has 1 aromatic rings. The summed E-state index contributed by atoms with van der Waals surface area (Å²) < 4.78 is 31.6. The predicted molar refractivity (Wildman–Crippen MR) is 67.3 cm³/mol. The molecule has 1 saturated carbocycles. The van der Waals surface area contributed by atoms with Crippen molar-refractivity contribution in [1.29, 1.82) is 0 Å². The van der Waals surface area contributed by atoms with Crippen LogP contribution in [-0.2, 0) is 0 Å². The van der Waals surface area contributed by atoms with Gasteiger partial charge < -0.3 is 4.74 Å². The molecule has 1 nitrogen and oxygen atoms in total. The van der Waals surface area contributed by atoms with E-state index in [1.807, 2.05) is 6.07 Å². The maximum Gasteiger partial charge on any atom is 0.248 e. The van der Waals surface area contributed by atoms with Crippen LogP contribution in [0.5, 0.6) is 5.75 Å². The highest BCUT2D eigenvalue weighted by Crippen LogP contribution is 2.42. The summed E-state index contributed by atoms with van der Waals surface area (Å²) in [5.74, 6) is -1.96. The molecule has 5 heteroatoms. The Morgan fingerprint density at radius 2 is 2.12 bits per heavy atom. The average Bonchev–Trinajstić information content (AvgIpc) is 2.16. The van der Waals surface area contributed by atoms with Gasteiger partial charge in [0.2, 0.25) is 5.92 Å². The van der Waals surface area contributed by atoms with Gasteiger partial charge in [-0.25, -0.2) is 8.78 Å². The lowest BCUT2D eigenvalue weighted by Gasteiger charge is -2.34. The van der Waals surface area contributed by atoms with Crippen molar-refractivity contribution in [3.63, 3.8) is 0 Å². The van der Waals surface area contributed by atoms with Crippen LogP contribution in [0.15, 0.2) is 18.2 Å². The number of rotatable bonds is 3. The van der Waals surface area contributed by atoms with Crippen LogP contribution < -0.4 is 4.74 Å².